The molecule has 28 heavy (non-hydrogen) atoms. The van der Waals surface area contributed by atoms with Gasteiger partial charge in [-0.05, 0) is 38.5 Å². The number of nitrogens with one attached hydrogen (secondary N) is 2. The number of unbranched alkanes of at least 4 members (excludes halogenated alkanes) is 1. The quantitative estimate of drug-likeness (QED) is 0.338. The van der Waals surface area contributed by atoms with Crippen LogP contribution in [-0.2, 0) is 6.54 Å². The summed E-state index contributed by atoms with van der Waals surface area (Å²) in [5.74, 6) is 1.57. The number of alkyl halides is 2. The first-order valence-corrected chi connectivity index (χ1v) is 9.61. The van der Waals surface area contributed by atoms with Crippen LogP contribution in [0.4, 0.5) is 8.78 Å². The molecule has 2 rings (SSSR count). The molecule has 2 N–H and O–H groups in total. The highest BCUT2D eigenvalue weighted by Gasteiger charge is 2.20. The molecule has 0 amide bonds. The van der Waals surface area contributed by atoms with Crippen molar-refractivity contribution >= 4 is 5.96 Å². The molecule has 0 saturated heterocycles. The number of guanidine groups is 1. The van der Waals surface area contributed by atoms with E-state index in [9.17, 15) is 8.78 Å². The van der Waals surface area contributed by atoms with Crippen molar-refractivity contribution in [3.8, 4) is 17.2 Å². The van der Waals surface area contributed by atoms with Crippen LogP contribution in [0.1, 0.15) is 32.3 Å². The fraction of sp³-hybridized carbons (Fsp3) is 0.632. The number of aliphatic imine (C=N–C) groups is 1. The second-order valence-electron chi connectivity index (χ2n) is 6.28. The Labute approximate surface area is 165 Å². The Kier molecular flexibility index (Phi) is 9.06. The van der Waals surface area contributed by atoms with Crippen LogP contribution in [0.15, 0.2) is 17.1 Å². The van der Waals surface area contributed by atoms with Crippen LogP contribution >= 0.6 is 0 Å². The molecular formula is C19H30F2N4O3. The highest BCUT2D eigenvalue weighted by molar-refractivity contribution is 5.79. The van der Waals surface area contributed by atoms with Gasteiger partial charge in [-0.3, -0.25) is 4.99 Å². The molecule has 1 aromatic rings. The van der Waals surface area contributed by atoms with Crippen LogP contribution in [0.5, 0.6) is 17.2 Å². The van der Waals surface area contributed by atoms with E-state index >= 15 is 0 Å². The monoisotopic (exact) mass is 400 g/mol. The van der Waals surface area contributed by atoms with Crippen molar-refractivity contribution in [3.05, 3.63) is 17.7 Å². The van der Waals surface area contributed by atoms with Crippen LogP contribution in [0, 0.1) is 0 Å². The molecular weight excluding hydrogens is 370 g/mol. The zero-order valence-electron chi connectivity index (χ0n) is 16.8. The Balaban J connectivity index is 1.84. The van der Waals surface area contributed by atoms with Gasteiger partial charge in [0.1, 0.15) is 5.75 Å². The highest BCUT2D eigenvalue weighted by atomic mass is 19.3. The summed E-state index contributed by atoms with van der Waals surface area (Å²) >= 11 is 0. The number of halogens is 2. The van der Waals surface area contributed by atoms with Crippen LogP contribution < -0.4 is 24.8 Å². The number of rotatable bonds is 11. The average Bonchev–Trinajstić information content (AvgIpc) is 3.13. The Morgan fingerprint density at radius 2 is 1.89 bits per heavy atom. The summed E-state index contributed by atoms with van der Waals surface area (Å²) in [7, 11) is 1.67. The van der Waals surface area contributed by atoms with Crippen molar-refractivity contribution in [3.63, 3.8) is 0 Å². The molecule has 0 fully saturated rings. The maximum absolute atomic E-state index is 12.7. The van der Waals surface area contributed by atoms with Gasteiger partial charge in [0.2, 0.25) is 6.79 Å². The van der Waals surface area contributed by atoms with E-state index in [1.165, 1.54) is 6.07 Å². The van der Waals surface area contributed by atoms with Crippen LogP contribution in [0.2, 0.25) is 0 Å². The molecule has 0 saturated carbocycles. The van der Waals surface area contributed by atoms with E-state index in [4.69, 9.17) is 9.47 Å². The molecule has 0 bridgehead atoms. The van der Waals surface area contributed by atoms with Crippen molar-refractivity contribution < 1.29 is 23.0 Å². The summed E-state index contributed by atoms with van der Waals surface area (Å²) in [6.45, 7) is 5.72. The number of benzene rings is 1. The summed E-state index contributed by atoms with van der Waals surface area (Å²) in [6.07, 6.45) is 2.11. The third-order valence-electron chi connectivity index (χ3n) is 4.53. The van der Waals surface area contributed by atoms with E-state index in [0.29, 0.717) is 23.0 Å². The smallest absolute Gasteiger partial charge is 0.387 e. The Hall–Kier alpha value is -2.29. The van der Waals surface area contributed by atoms with Gasteiger partial charge < -0.3 is 29.7 Å². The lowest BCUT2D eigenvalue weighted by molar-refractivity contribution is -0.0505. The second kappa shape index (κ2) is 11.5. The van der Waals surface area contributed by atoms with Gasteiger partial charge in [0.25, 0.3) is 0 Å². The molecule has 1 aliphatic rings. The third-order valence-corrected chi connectivity index (χ3v) is 4.53. The number of ether oxygens (including phenoxy) is 3. The molecule has 158 valence electrons. The highest BCUT2D eigenvalue weighted by Crippen LogP contribution is 2.38. The lowest BCUT2D eigenvalue weighted by atomic mass is 10.1. The van der Waals surface area contributed by atoms with Gasteiger partial charge in [-0.15, -0.1) is 0 Å². The Morgan fingerprint density at radius 1 is 1.18 bits per heavy atom. The summed E-state index contributed by atoms with van der Waals surface area (Å²) < 4.78 is 40.6. The number of nitrogens with zero attached hydrogens (tertiary/aromatic N) is 2. The molecule has 0 atom stereocenters. The molecule has 0 spiro atoms. The number of hydrogen-bond acceptors (Lipinski definition) is 5. The van der Waals surface area contributed by atoms with E-state index in [0.717, 1.165) is 39.0 Å². The minimum Gasteiger partial charge on any atom is -0.454 e. The van der Waals surface area contributed by atoms with Gasteiger partial charge >= 0.3 is 6.61 Å². The topological polar surface area (TPSA) is 67.4 Å². The minimum absolute atomic E-state index is 0.0569. The van der Waals surface area contributed by atoms with Gasteiger partial charge in [-0.25, -0.2) is 0 Å². The van der Waals surface area contributed by atoms with Gasteiger partial charge in [0.15, 0.2) is 17.5 Å². The standard InChI is InChI=1S/C19H30F2N4O3/c1-4-25(5-2)9-7-6-8-23-19(22-3)24-12-14-10-16-17(27-13-26-16)11-15(14)28-18(20)21/h10-11,18H,4-9,12-13H2,1-3H3,(H2,22,23,24). The average molecular weight is 400 g/mol. The molecule has 0 aromatic heterocycles. The van der Waals surface area contributed by atoms with E-state index in [2.05, 4.69) is 39.1 Å². The van der Waals surface area contributed by atoms with Crippen LogP contribution in [0.25, 0.3) is 0 Å². The molecule has 1 aliphatic heterocycles. The van der Waals surface area contributed by atoms with Crippen molar-refractivity contribution in [1.29, 1.82) is 0 Å². The first kappa shape index (κ1) is 22.0. The maximum Gasteiger partial charge on any atom is 0.387 e. The van der Waals surface area contributed by atoms with Gasteiger partial charge in [0, 0.05) is 31.8 Å². The molecule has 0 unspecified atom stereocenters. The van der Waals surface area contributed by atoms with Gasteiger partial charge in [0.05, 0.1) is 0 Å². The summed E-state index contributed by atoms with van der Waals surface area (Å²) in [6, 6.07) is 3.07. The van der Waals surface area contributed by atoms with Crippen molar-refractivity contribution in [2.75, 3.05) is 40.0 Å². The minimum atomic E-state index is -2.91. The normalized spacial score (nSPS) is 13.3. The molecule has 1 aromatic carbocycles. The van der Waals surface area contributed by atoms with Gasteiger partial charge in [-0.1, -0.05) is 13.8 Å². The fourth-order valence-corrected chi connectivity index (χ4v) is 2.92. The van der Waals surface area contributed by atoms with Gasteiger partial charge in [-0.2, -0.15) is 8.78 Å². The van der Waals surface area contributed by atoms with Crippen LogP contribution in [-0.4, -0.2) is 57.5 Å². The first-order chi connectivity index (χ1) is 13.6. The molecule has 7 nitrogen and oxygen atoms in total. The lowest BCUT2D eigenvalue weighted by Gasteiger charge is -2.18. The van der Waals surface area contributed by atoms with E-state index in [1.54, 1.807) is 13.1 Å². The van der Waals surface area contributed by atoms with Crippen molar-refractivity contribution in [2.45, 2.75) is 39.8 Å². The Bertz CT molecular complexity index is 640. The zero-order chi connectivity index (χ0) is 20.4. The van der Waals surface area contributed by atoms with E-state index < -0.39 is 6.61 Å². The van der Waals surface area contributed by atoms with E-state index in [-0.39, 0.29) is 19.1 Å². The van der Waals surface area contributed by atoms with Crippen molar-refractivity contribution in [1.82, 2.24) is 15.5 Å². The number of hydrogen-bond donors (Lipinski definition) is 2. The molecule has 1 heterocycles. The maximum atomic E-state index is 12.7. The molecule has 0 radical (unpaired) electrons. The predicted octanol–water partition coefficient (Wildman–Crippen LogP) is 2.80. The third kappa shape index (κ3) is 6.70. The van der Waals surface area contributed by atoms with Crippen LogP contribution in [0.3, 0.4) is 0 Å². The summed E-state index contributed by atoms with van der Waals surface area (Å²) in [5, 5.41) is 6.36. The summed E-state index contributed by atoms with van der Waals surface area (Å²) in [4.78, 5) is 6.56. The lowest BCUT2D eigenvalue weighted by Crippen LogP contribution is -2.37. The predicted molar refractivity (Wildman–Crippen MR) is 104 cm³/mol. The van der Waals surface area contributed by atoms with E-state index in [1.807, 2.05) is 0 Å². The molecule has 0 aliphatic carbocycles. The fourth-order valence-electron chi connectivity index (χ4n) is 2.92. The first-order valence-electron chi connectivity index (χ1n) is 9.61. The largest absolute Gasteiger partial charge is 0.454 e. The number of fused-ring (bicyclic) bond motifs is 1. The summed E-state index contributed by atoms with van der Waals surface area (Å²) in [5.41, 5.74) is 0.536. The van der Waals surface area contributed by atoms with Crippen molar-refractivity contribution in [2.24, 2.45) is 4.99 Å². The SMILES string of the molecule is CCN(CC)CCCCNC(=NC)NCc1cc2c(cc1OC(F)F)OCO2. The molecule has 9 heteroatoms. The second-order valence-corrected chi connectivity index (χ2v) is 6.28. The zero-order valence-corrected chi connectivity index (χ0v) is 16.8. The Morgan fingerprint density at radius 3 is 2.54 bits per heavy atom.